The normalized spacial score (nSPS) is 23.7. The van der Waals surface area contributed by atoms with E-state index in [0.717, 1.165) is 33.7 Å². The summed E-state index contributed by atoms with van der Waals surface area (Å²) in [4.78, 5) is 12.2. The fourth-order valence-electron chi connectivity index (χ4n) is 2.20. The SMILES string of the molecule is O=C(N[C@@H]1CCCC[C@H]1O)c1cc(I)ccc1Br. The van der Waals surface area contributed by atoms with Gasteiger partial charge in [-0.2, -0.15) is 0 Å². The molecule has 1 fully saturated rings. The molecule has 2 N–H and O–H groups in total. The van der Waals surface area contributed by atoms with Crippen LogP contribution in [0.1, 0.15) is 36.0 Å². The first-order valence-electron chi connectivity index (χ1n) is 6.02. The molecule has 2 atom stereocenters. The van der Waals surface area contributed by atoms with Crippen LogP contribution >= 0.6 is 38.5 Å². The lowest BCUT2D eigenvalue weighted by atomic mass is 9.92. The van der Waals surface area contributed by atoms with Crippen LogP contribution in [0.3, 0.4) is 0 Å². The van der Waals surface area contributed by atoms with Crippen molar-refractivity contribution in [3.05, 3.63) is 31.8 Å². The Labute approximate surface area is 129 Å². The summed E-state index contributed by atoms with van der Waals surface area (Å²) < 4.78 is 1.80. The van der Waals surface area contributed by atoms with Crippen molar-refractivity contribution in [1.29, 1.82) is 0 Å². The number of rotatable bonds is 2. The van der Waals surface area contributed by atoms with Gasteiger partial charge in [-0.3, -0.25) is 4.79 Å². The van der Waals surface area contributed by atoms with Crippen molar-refractivity contribution in [2.75, 3.05) is 0 Å². The van der Waals surface area contributed by atoms with E-state index in [-0.39, 0.29) is 11.9 Å². The van der Waals surface area contributed by atoms with Crippen molar-refractivity contribution >= 4 is 44.4 Å². The number of carbonyl (C=O) groups excluding carboxylic acids is 1. The molecule has 1 saturated carbocycles. The van der Waals surface area contributed by atoms with Crippen molar-refractivity contribution in [3.63, 3.8) is 0 Å². The second-order valence-electron chi connectivity index (χ2n) is 4.56. The zero-order valence-corrected chi connectivity index (χ0v) is 13.6. The largest absolute Gasteiger partial charge is 0.391 e. The summed E-state index contributed by atoms with van der Waals surface area (Å²) in [5.74, 6) is -0.119. The van der Waals surface area contributed by atoms with Crippen LogP contribution in [0, 0.1) is 3.57 Å². The maximum Gasteiger partial charge on any atom is 0.252 e. The van der Waals surface area contributed by atoms with Gasteiger partial charge in [0.15, 0.2) is 0 Å². The first-order chi connectivity index (χ1) is 8.58. The van der Waals surface area contributed by atoms with E-state index < -0.39 is 6.10 Å². The second-order valence-corrected chi connectivity index (χ2v) is 6.66. The molecule has 1 amide bonds. The van der Waals surface area contributed by atoms with Crippen molar-refractivity contribution < 1.29 is 9.90 Å². The Hall–Kier alpha value is -0.140. The van der Waals surface area contributed by atoms with Crippen LogP contribution in [0.2, 0.25) is 0 Å². The minimum absolute atomic E-state index is 0.115. The molecule has 1 aliphatic rings. The van der Waals surface area contributed by atoms with E-state index in [1.165, 1.54) is 0 Å². The molecule has 5 heteroatoms. The van der Waals surface area contributed by atoms with Crippen LogP contribution in [0.5, 0.6) is 0 Å². The van der Waals surface area contributed by atoms with Gasteiger partial charge in [0.1, 0.15) is 0 Å². The van der Waals surface area contributed by atoms with Gasteiger partial charge in [0.05, 0.1) is 17.7 Å². The number of hydrogen-bond donors (Lipinski definition) is 2. The van der Waals surface area contributed by atoms with Crippen LogP contribution in [0.15, 0.2) is 22.7 Å². The number of benzene rings is 1. The number of amides is 1. The second kappa shape index (κ2) is 6.34. The summed E-state index contributed by atoms with van der Waals surface area (Å²) >= 11 is 5.56. The Morgan fingerprint density at radius 1 is 1.39 bits per heavy atom. The zero-order chi connectivity index (χ0) is 13.1. The molecule has 0 spiro atoms. The first kappa shape index (κ1) is 14.3. The Morgan fingerprint density at radius 2 is 2.11 bits per heavy atom. The van der Waals surface area contributed by atoms with Crippen LogP contribution in [0.4, 0.5) is 0 Å². The maximum absolute atomic E-state index is 12.2. The van der Waals surface area contributed by atoms with Gasteiger partial charge in [0.2, 0.25) is 0 Å². The monoisotopic (exact) mass is 423 g/mol. The quantitative estimate of drug-likeness (QED) is 0.718. The number of hydrogen-bond acceptors (Lipinski definition) is 2. The lowest BCUT2D eigenvalue weighted by molar-refractivity contribution is 0.0716. The molecule has 0 unspecified atom stereocenters. The number of carbonyl (C=O) groups is 1. The minimum atomic E-state index is -0.413. The maximum atomic E-state index is 12.2. The van der Waals surface area contributed by atoms with Gasteiger partial charge in [0.25, 0.3) is 5.91 Å². The Morgan fingerprint density at radius 3 is 2.83 bits per heavy atom. The summed E-state index contributed by atoms with van der Waals surface area (Å²) in [6, 6.07) is 5.54. The van der Waals surface area contributed by atoms with Gasteiger partial charge in [-0.05, 0) is 69.6 Å². The van der Waals surface area contributed by atoms with E-state index in [4.69, 9.17) is 0 Å². The highest BCUT2D eigenvalue weighted by Crippen LogP contribution is 2.22. The predicted octanol–water partition coefficient (Wildman–Crippen LogP) is 3.09. The summed E-state index contributed by atoms with van der Waals surface area (Å²) in [5, 5.41) is 12.8. The van der Waals surface area contributed by atoms with Crippen molar-refractivity contribution in [1.82, 2.24) is 5.32 Å². The molecule has 3 nitrogen and oxygen atoms in total. The van der Waals surface area contributed by atoms with E-state index in [1.807, 2.05) is 18.2 Å². The van der Waals surface area contributed by atoms with E-state index in [2.05, 4.69) is 43.8 Å². The van der Waals surface area contributed by atoms with Gasteiger partial charge in [-0.25, -0.2) is 0 Å². The van der Waals surface area contributed by atoms with Gasteiger partial charge in [-0.15, -0.1) is 0 Å². The Balaban J connectivity index is 2.09. The standard InChI is InChI=1S/C13H15BrINO2/c14-10-6-5-8(15)7-9(10)13(18)16-11-3-1-2-4-12(11)17/h5-7,11-12,17H,1-4H2,(H,16,18)/t11-,12-/m1/s1. The first-order valence-corrected chi connectivity index (χ1v) is 7.89. The molecule has 1 aliphatic carbocycles. The highest BCUT2D eigenvalue weighted by molar-refractivity contribution is 14.1. The van der Waals surface area contributed by atoms with Crippen LogP contribution < -0.4 is 5.32 Å². The van der Waals surface area contributed by atoms with E-state index in [0.29, 0.717) is 5.56 Å². The minimum Gasteiger partial charge on any atom is -0.391 e. The number of halogens is 2. The molecule has 1 aromatic rings. The molecule has 98 valence electrons. The van der Waals surface area contributed by atoms with E-state index >= 15 is 0 Å². The highest BCUT2D eigenvalue weighted by Gasteiger charge is 2.25. The molecule has 0 aromatic heterocycles. The smallest absolute Gasteiger partial charge is 0.252 e. The van der Waals surface area contributed by atoms with E-state index in [9.17, 15) is 9.90 Å². The zero-order valence-electron chi connectivity index (χ0n) is 9.83. The molecule has 0 radical (unpaired) electrons. The molecule has 18 heavy (non-hydrogen) atoms. The number of aliphatic hydroxyl groups excluding tert-OH is 1. The third kappa shape index (κ3) is 3.45. The van der Waals surface area contributed by atoms with Gasteiger partial charge in [-0.1, -0.05) is 12.8 Å². The Kier molecular flexibility index (Phi) is 5.03. The number of aliphatic hydroxyl groups is 1. The third-order valence-electron chi connectivity index (χ3n) is 3.22. The van der Waals surface area contributed by atoms with Crippen molar-refractivity contribution in [3.8, 4) is 0 Å². The van der Waals surface area contributed by atoms with Gasteiger partial charge >= 0.3 is 0 Å². The van der Waals surface area contributed by atoms with Gasteiger partial charge < -0.3 is 10.4 Å². The molecule has 0 aliphatic heterocycles. The summed E-state index contributed by atoms with van der Waals surface area (Å²) in [6.07, 6.45) is 3.33. The highest BCUT2D eigenvalue weighted by atomic mass is 127. The summed E-state index contributed by atoms with van der Waals surface area (Å²) in [5.41, 5.74) is 0.625. The predicted molar refractivity (Wildman–Crippen MR) is 82.6 cm³/mol. The Bertz CT molecular complexity index is 453. The van der Waals surface area contributed by atoms with Crippen LogP contribution in [-0.2, 0) is 0 Å². The average molecular weight is 424 g/mol. The van der Waals surface area contributed by atoms with Crippen LogP contribution in [0.25, 0.3) is 0 Å². The molecular weight excluding hydrogens is 409 g/mol. The van der Waals surface area contributed by atoms with Crippen molar-refractivity contribution in [2.45, 2.75) is 37.8 Å². The average Bonchev–Trinajstić information content (AvgIpc) is 2.35. The summed E-state index contributed by atoms with van der Waals surface area (Å²) in [7, 11) is 0. The lowest BCUT2D eigenvalue weighted by Crippen LogP contribution is -2.45. The fraction of sp³-hybridized carbons (Fsp3) is 0.462. The summed E-state index contributed by atoms with van der Waals surface area (Å²) in [6.45, 7) is 0. The van der Waals surface area contributed by atoms with Gasteiger partial charge in [0, 0.05) is 8.04 Å². The molecule has 2 rings (SSSR count). The molecule has 0 saturated heterocycles. The van der Waals surface area contributed by atoms with Crippen LogP contribution in [-0.4, -0.2) is 23.2 Å². The van der Waals surface area contributed by atoms with Crippen molar-refractivity contribution in [2.24, 2.45) is 0 Å². The van der Waals surface area contributed by atoms with E-state index in [1.54, 1.807) is 0 Å². The topological polar surface area (TPSA) is 49.3 Å². The number of nitrogens with one attached hydrogen (secondary N) is 1. The molecule has 0 heterocycles. The third-order valence-corrected chi connectivity index (χ3v) is 4.58. The molecule has 1 aromatic carbocycles. The molecular formula is C13H15BrINO2. The molecule has 0 bridgehead atoms. The fourth-order valence-corrected chi connectivity index (χ4v) is 3.12. The lowest BCUT2D eigenvalue weighted by Gasteiger charge is -2.28.